The zero-order valence-electron chi connectivity index (χ0n) is 14.1. The molecule has 5 rings (SSSR count). The van der Waals surface area contributed by atoms with Crippen LogP contribution in [0.4, 0.5) is 4.39 Å². The van der Waals surface area contributed by atoms with Crippen LogP contribution in [0.3, 0.4) is 0 Å². The van der Waals surface area contributed by atoms with Gasteiger partial charge in [-0.25, -0.2) is 4.39 Å². The predicted molar refractivity (Wildman–Crippen MR) is 103 cm³/mol. The Morgan fingerprint density at radius 1 is 0.852 bits per heavy atom. The maximum atomic E-state index is 14.3. The average Bonchev–Trinajstić information content (AvgIpc) is 3.08. The Kier molecular flexibility index (Phi) is 3.24. The molecule has 2 aromatic heterocycles. The quantitative estimate of drug-likeness (QED) is 0.479. The summed E-state index contributed by atoms with van der Waals surface area (Å²) in [5, 5.41) is 0.918. The van der Waals surface area contributed by atoms with Crippen molar-refractivity contribution in [1.82, 2.24) is 9.38 Å². The van der Waals surface area contributed by atoms with Crippen LogP contribution in [0.1, 0.15) is 15.9 Å². The van der Waals surface area contributed by atoms with Gasteiger partial charge in [0, 0.05) is 10.8 Å². The molecule has 0 unspecified atom stereocenters. The number of halogens is 1. The van der Waals surface area contributed by atoms with E-state index in [9.17, 15) is 14.0 Å². The summed E-state index contributed by atoms with van der Waals surface area (Å²) in [6.45, 7) is 0. The van der Waals surface area contributed by atoms with E-state index in [2.05, 4.69) is 4.98 Å². The summed E-state index contributed by atoms with van der Waals surface area (Å²) in [6, 6.07) is 20.1. The summed E-state index contributed by atoms with van der Waals surface area (Å²) in [4.78, 5) is 29.6. The first-order valence-electron chi connectivity index (χ1n) is 8.50. The van der Waals surface area contributed by atoms with Gasteiger partial charge in [-0.3, -0.25) is 14.0 Å². The van der Waals surface area contributed by atoms with Gasteiger partial charge >= 0.3 is 0 Å². The maximum Gasteiger partial charge on any atom is 0.264 e. The van der Waals surface area contributed by atoms with Gasteiger partial charge in [-0.1, -0.05) is 42.5 Å². The number of ketones is 1. The number of benzene rings is 3. The molecule has 27 heavy (non-hydrogen) atoms. The number of rotatable bonds is 2. The second-order valence-electron chi connectivity index (χ2n) is 6.36. The van der Waals surface area contributed by atoms with Crippen LogP contribution in [0, 0.1) is 5.82 Å². The summed E-state index contributed by atoms with van der Waals surface area (Å²) >= 11 is 0. The zero-order valence-corrected chi connectivity index (χ0v) is 14.1. The highest BCUT2D eigenvalue weighted by molar-refractivity contribution is 6.20. The van der Waals surface area contributed by atoms with Crippen LogP contribution in [0.15, 0.2) is 77.6 Å². The molecule has 130 valence electrons. The number of carbonyl (C=O) groups excluding carboxylic acids is 1. The van der Waals surface area contributed by atoms with E-state index in [4.69, 9.17) is 0 Å². The minimum Gasteiger partial charge on any atom is -0.339 e. The number of aromatic amines is 1. The summed E-state index contributed by atoms with van der Waals surface area (Å²) in [5.41, 5.74) is 1.81. The normalized spacial score (nSPS) is 11.4. The third-order valence-corrected chi connectivity index (χ3v) is 4.83. The lowest BCUT2D eigenvalue weighted by atomic mass is 9.98. The first-order chi connectivity index (χ1) is 13.2. The van der Waals surface area contributed by atoms with Gasteiger partial charge < -0.3 is 4.98 Å². The number of aromatic nitrogens is 2. The van der Waals surface area contributed by atoms with Gasteiger partial charge in [0.15, 0.2) is 5.78 Å². The fourth-order valence-corrected chi connectivity index (χ4v) is 3.61. The van der Waals surface area contributed by atoms with E-state index in [1.165, 1.54) is 22.6 Å². The third kappa shape index (κ3) is 2.15. The maximum absolute atomic E-state index is 14.3. The number of nitrogens with one attached hydrogen (secondary N) is 1. The summed E-state index contributed by atoms with van der Waals surface area (Å²) in [5.74, 6) is -1.06. The van der Waals surface area contributed by atoms with E-state index < -0.39 is 11.6 Å². The molecule has 4 nitrogen and oxygen atoms in total. The summed E-state index contributed by atoms with van der Waals surface area (Å²) < 4.78 is 15.8. The minimum atomic E-state index is -0.591. The smallest absolute Gasteiger partial charge is 0.264 e. The molecule has 5 aromatic rings. The molecule has 0 bridgehead atoms. The molecule has 0 radical (unpaired) electrons. The molecular formula is C22H13FN2O2. The van der Waals surface area contributed by atoms with Crippen molar-refractivity contribution in [3.63, 3.8) is 0 Å². The molecule has 0 saturated carbocycles. The number of carbonyl (C=O) groups is 1. The molecule has 0 saturated heterocycles. The van der Waals surface area contributed by atoms with Gasteiger partial charge in [-0.05, 0) is 30.3 Å². The Bertz CT molecular complexity index is 1430. The van der Waals surface area contributed by atoms with Crippen molar-refractivity contribution >= 4 is 33.2 Å². The molecule has 1 N–H and O–H groups in total. The third-order valence-electron chi connectivity index (χ3n) is 4.83. The first-order valence-corrected chi connectivity index (χ1v) is 8.50. The van der Waals surface area contributed by atoms with Crippen LogP contribution in [-0.2, 0) is 0 Å². The lowest BCUT2D eigenvalue weighted by molar-refractivity contribution is 0.103. The Morgan fingerprint density at radius 2 is 1.52 bits per heavy atom. The second kappa shape index (κ2) is 5.64. The number of pyridine rings is 1. The van der Waals surface area contributed by atoms with Gasteiger partial charge in [0.1, 0.15) is 11.5 Å². The molecule has 0 fully saturated rings. The number of hydrogen-bond donors (Lipinski definition) is 1. The Hall–Kier alpha value is -3.73. The Morgan fingerprint density at radius 3 is 2.33 bits per heavy atom. The molecule has 0 atom stereocenters. The largest absolute Gasteiger partial charge is 0.339 e. The molecule has 0 aliphatic heterocycles. The molecular weight excluding hydrogens is 343 g/mol. The fourth-order valence-electron chi connectivity index (χ4n) is 3.61. The van der Waals surface area contributed by atoms with E-state index in [1.807, 2.05) is 24.3 Å². The lowest BCUT2D eigenvalue weighted by Crippen LogP contribution is -2.17. The highest BCUT2D eigenvalue weighted by Gasteiger charge is 2.23. The van der Waals surface area contributed by atoms with Crippen LogP contribution in [-0.4, -0.2) is 15.2 Å². The van der Waals surface area contributed by atoms with Crippen LogP contribution < -0.4 is 5.56 Å². The van der Waals surface area contributed by atoms with E-state index in [0.717, 1.165) is 5.52 Å². The monoisotopic (exact) mass is 356 g/mol. The molecule has 3 aromatic carbocycles. The van der Waals surface area contributed by atoms with Gasteiger partial charge in [-0.2, -0.15) is 0 Å². The van der Waals surface area contributed by atoms with Gasteiger partial charge in [0.2, 0.25) is 0 Å². The van der Waals surface area contributed by atoms with Crippen LogP contribution in [0.5, 0.6) is 0 Å². The van der Waals surface area contributed by atoms with E-state index >= 15 is 0 Å². The standard InChI is InChI=1S/C22H13FN2O2/c23-16-10-4-3-9-15(16)20(26)19-13-7-1-2-8-14(13)22(27)25-18-12-6-5-11-17(18)24-21(19)25/h1-12,24H. The molecule has 0 amide bonds. The van der Waals surface area contributed by atoms with Crippen molar-refractivity contribution in [2.45, 2.75) is 0 Å². The van der Waals surface area contributed by atoms with Crippen molar-refractivity contribution in [1.29, 1.82) is 0 Å². The lowest BCUT2D eigenvalue weighted by Gasteiger charge is -2.09. The Labute approximate surface area is 152 Å². The SMILES string of the molecule is O=C(c1ccccc1F)c1c2ccccc2c(=O)n2c1[nH]c1ccccc12. The van der Waals surface area contributed by atoms with Crippen molar-refractivity contribution in [3.8, 4) is 0 Å². The number of fused-ring (bicyclic) bond motifs is 4. The van der Waals surface area contributed by atoms with Crippen molar-refractivity contribution in [3.05, 3.63) is 100 Å². The van der Waals surface area contributed by atoms with Gasteiger partial charge in [-0.15, -0.1) is 0 Å². The van der Waals surface area contributed by atoms with Gasteiger partial charge in [0.25, 0.3) is 5.56 Å². The summed E-state index contributed by atoms with van der Waals surface area (Å²) in [7, 11) is 0. The Balaban J connectivity index is 2.01. The van der Waals surface area contributed by atoms with Crippen molar-refractivity contribution in [2.24, 2.45) is 0 Å². The number of H-pyrrole nitrogens is 1. The topological polar surface area (TPSA) is 54.3 Å². The van der Waals surface area contributed by atoms with E-state index in [-0.39, 0.29) is 16.7 Å². The molecule has 5 heteroatoms. The van der Waals surface area contributed by atoms with E-state index in [1.54, 1.807) is 30.3 Å². The minimum absolute atomic E-state index is 0.0261. The van der Waals surface area contributed by atoms with Crippen LogP contribution in [0.2, 0.25) is 0 Å². The fraction of sp³-hybridized carbons (Fsp3) is 0. The molecule has 0 aliphatic carbocycles. The molecule has 0 spiro atoms. The average molecular weight is 356 g/mol. The highest BCUT2D eigenvalue weighted by Crippen LogP contribution is 2.27. The second-order valence-corrected chi connectivity index (χ2v) is 6.36. The first kappa shape index (κ1) is 15.5. The van der Waals surface area contributed by atoms with Crippen LogP contribution >= 0.6 is 0 Å². The molecule has 0 aliphatic rings. The highest BCUT2D eigenvalue weighted by atomic mass is 19.1. The number of hydrogen-bond acceptors (Lipinski definition) is 2. The van der Waals surface area contributed by atoms with Gasteiger partial charge in [0.05, 0.1) is 22.2 Å². The summed E-state index contributed by atoms with van der Waals surface area (Å²) in [6.07, 6.45) is 0. The predicted octanol–water partition coefficient (Wildman–Crippen LogP) is 4.30. The van der Waals surface area contributed by atoms with Crippen molar-refractivity contribution < 1.29 is 9.18 Å². The number of imidazole rings is 1. The van der Waals surface area contributed by atoms with Crippen molar-refractivity contribution in [2.75, 3.05) is 0 Å². The number of nitrogens with zero attached hydrogens (tertiary/aromatic N) is 1. The zero-order chi connectivity index (χ0) is 18.5. The number of para-hydroxylation sites is 2. The van der Waals surface area contributed by atoms with Crippen LogP contribution in [0.25, 0.3) is 27.5 Å². The molecule has 2 heterocycles. The van der Waals surface area contributed by atoms with E-state index in [0.29, 0.717) is 21.9 Å².